The lowest BCUT2D eigenvalue weighted by atomic mass is 10.1. The summed E-state index contributed by atoms with van der Waals surface area (Å²) in [4.78, 5) is 23.3. The Hall–Kier alpha value is -5.29. The van der Waals surface area contributed by atoms with Gasteiger partial charge in [0.25, 0.3) is 11.1 Å². The molecule has 0 aliphatic rings. The summed E-state index contributed by atoms with van der Waals surface area (Å²) < 4.78 is 107. The maximum Gasteiger partial charge on any atom is 0.434 e. The number of nitrogens with one attached hydrogen (secondary N) is 1. The van der Waals surface area contributed by atoms with E-state index in [4.69, 9.17) is 40.5 Å². The van der Waals surface area contributed by atoms with Gasteiger partial charge in [-0.15, -0.1) is 0 Å². The highest BCUT2D eigenvalue weighted by molar-refractivity contribution is 6.67. The fourth-order valence-corrected chi connectivity index (χ4v) is 5.47. The van der Waals surface area contributed by atoms with Gasteiger partial charge in [-0.25, -0.2) is 18.1 Å². The molecule has 0 aliphatic heterocycles. The molecule has 6 rings (SSSR count). The number of nitrogens with zero attached hydrogens (tertiary/aromatic N) is 4. The third-order valence-corrected chi connectivity index (χ3v) is 8.29. The van der Waals surface area contributed by atoms with E-state index in [1.54, 1.807) is 12.1 Å². The molecular formula is C38H29Cl3F8N6O2. The highest BCUT2D eigenvalue weighted by Gasteiger charge is 2.41. The number of amides is 1. The number of rotatable bonds is 9. The number of halogens is 11. The van der Waals surface area contributed by atoms with E-state index in [9.17, 15) is 44.7 Å². The largest absolute Gasteiger partial charge is 0.434 e. The summed E-state index contributed by atoms with van der Waals surface area (Å²) in [6, 6.07) is 23.4. The van der Waals surface area contributed by atoms with Gasteiger partial charge < -0.3 is 11.1 Å². The lowest BCUT2D eigenvalue weighted by Gasteiger charge is -2.13. The van der Waals surface area contributed by atoms with Crippen molar-refractivity contribution in [3.8, 4) is 11.4 Å². The Bertz CT molecular complexity index is 2280. The Kier molecular flexibility index (Phi) is 15.4. The molecule has 0 radical (unpaired) electrons. The average Bonchev–Trinajstić information content (AvgIpc) is 3.80. The molecule has 4 aromatic carbocycles. The predicted octanol–water partition coefficient (Wildman–Crippen LogP) is 9.91. The Morgan fingerprint density at radius 3 is 1.47 bits per heavy atom. The van der Waals surface area contributed by atoms with Crippen LogP contribution in [0.2, 0.25) is 10.0 Å². The molecule has 1 amide bonds. The van der Waals surface area contributed by atoms with E-state index in [0.717, 1.165) is 24.4 Å². The monoisotopic (exact) mass is 858 g/mol. The summed E-state index contributed by atoms with van der Waals surface area (Å²) in [6.45, 7) is 0.620. The van der Waals surface area contributed by atoms with Gasteiger partial charge in [-0.1, -0.05) is 47.5 Å². The van der Waals surface area contributed by atoms with Gasteiger partial charge in [0.2, 0.25) is 0 Å². The topological polar surface area (TPSA) is 108 Å². The van der Waals surface area contributed by atoms with Crippen LogP contribution in [0.25, 0.3) is 11.4 Å². The van der Waals surface area contributed by atoms with Crippen LogP contribution in [0.4, 0.5) is 35.1 Å². The van der Waals surface area contributed by atoms with Crippen molar-refractivity contribution in [1.82, 2.24) is 24.9 Å². The highest BCUT2D eigenvalue weighted by Crippen LogP contribution is 2.35. The first-order valence-corrected chi connectivity index (χ1v) is 17.5. The predicted molar refractivity (Wildman–Crippen MR) is 199 cm³/mol. The molecule has 2 heterocycles. The van der Waals surface area contributed by atoms with Crippen LogP contribution in [-0.4, -0.2) is 43.8 Å². The second kappa shape index (κ2) is 19.7. The van der Waals surface area contributed by atoms with Gasteiger partial charge in [0.05, 0.1) is 34.9 Å². The van der Waals surface area contributed by atoms with Gasteiger partial charge in [-0.05, 0) is 115 Å². The van der Waals surface area contributed by atoms with Crippen molar-refractivity contribution in [3.63, 3.8) is 0 Å². The maximum atomic E-state index is 13.6. The summed E-state index contributed by atoms with van der Waals surface area (Å²) in [5.74, 6) is -1.53. The molecule has 57 heavy (non-hydrogen) atoms. The number of carbonyl (C=O) groups excluding carboxylic acids is 2. The summed E-state index contributed by atoms with van der Waals surface area (Å²) >= 11 is 16.5. The number of hydrogen-bond donors (Lipinski definition) is 2. The quantitative estimate of drug-likeness (QED) is 0.111. The van der Waals surface area contributed by atoms with Crippen molar-refractivity contribution in [1.29, 1.82) is 0 Å². The highest BCUT2D eigenvalue weighted by atomic mass is 35.5. The molecule has 300 valence electrons. The molecule has 0 bridgehead atoms. The van der Waals surface area contributed by atoms with Crippen LogP contribution < -0.4 is 11.1 Å². The molecule has 6 aromatic rings. The Morgan fingerprint density at radius 2 is 1.07 bits per heavy atom. The molecule has 0 saturated carbocycles. The maximum absolute atomic E-state index is 13.6. The Balaban J connectivity index is 0.000000213. The van der Waals surface area contributed by atoms with E-state index in [0.29, 0.717) is 31.5 Å². The summed E-state index contributed by atoms with van der Waals surface area (Å²) in [6.07, 6.45) is -6.88. The first kappa shape index (κ1) is 44.4. The van der Waals surface area contributed by atoms with Crippen molar-refractivity contribution < 1.29 is 44.7 Å². The molecule has 0 fully saturated rings. The molecular weight excluding hydrogens is 831 g/mol. The van der Waals surface area contributed by atoms with Gasteiger partial charge in [-0.3, -0.25) is 9.59 Å². The second-order valence-corrected chi connectivity index (χ2v) is 12.9. The lowest BCUT2D eigenvalue weighted by Crippen LogP contribution is -2.28. The van der Waals surface area contributed by atoms with Crippen LogP contribution in [0.1, 0.15) is 43.2 Å². The van der Waals surface area contributed by atoms with Crippen LogP contribution in [-0.2, 0) is 25.2 Å². The minimum atomic E-state index is -4.80. The van der Waals surface area contributed by atoms with Crippen molar-refractivity contribution in [2.24, 2.45) is 5.73 Å². The zero-order valence-electron chi connectivity index (χ0n) is 29.1. The second-order valence-electron chi connectivity index (χ2n) is 11.7. The third-order valence-electron chi connectivity index (χ3n) is 7.58. The average molecular weight is 860 g/mol. The molecule has 19 heteroatoms. The molecule has 8 nitrogen and oxygen atoms in total. The van der Waals surface area contributed by atoms with E-state index in [-0.39, 0.29) is 30.2 Å². The van der Waals surface area contributed by atoms with Crippen LogP contribution in [0.5, 0.6) is 0 Å². The number of carbonyl (C=O) groups is 2. The lowest BCUT2D eigenvalue weighted by molar-refractivity contribution is -0.143. The van der Waals surface area contributed by atoms with Gasteiger partial charge >= 0.3 is 12.4 Å². The first-order valence-electron chi connectivity index (χ1n) is 16.4. The number of aromatic nitrogens is 4. The zero-order chi connectivity index (χ0) is 41.9. The number of benzene rings is 4. The normalized spacial score (nSPS) is 11.2. The summed E-state index contributed by atoms with van der Waals surface area (Å²) in [5.41, 5.74) is 3.43. The van der Waals surface area contributed by atoms with E-state index < -0.39 is 51.8 Å². The number of nitrogens with two attached hydrogens (primary N) is 1. The summed E-state index contributed by atoms with van der Waals surface area (Å²) in [5, 5.41) is 9.21. The van der Waals surface area contributed by atoms with Crippen LogP contribution in [0.3, 0.4) is 0 Å². The van der Waals surface area contributed by atoms with Crippen molar-refractivity contribution in [2.45, 2.75) is 25.2 Å². The molecule has 0 unspecified atom stereocenters. The van der Waals surface area contributed by atoms with Gasteiger partial charge in [0, 0.05) is 16.6 Å². The van der Waals surface area contributed by atoms with Crippen molar-refractivity contribution >= 4 is 46.0 Å². The fourth-order valence-electron chi connectivity index (χ4n) is 5.08. The zero-order valence-corrected chi connectivity index (χ0v) is 31.3. The third kappa shape index (κ3) is 12.6. The molecule has 0 atom stereocenters. The van der Waals surface area contributed by atoms with Gasteiger partial charge in [-0.2, -0.15) is 36.5 Å². The van der Waals surface area contributed by atoms with E-state index in [1.165, 1.54) is 78.9 Å². The molecule has 0 saturated heterocycles. The van der Waals surface area contributed by atoms with Crippen molar-refractivity contribution in [3.05, 3.63) is 165 Å². The van der Waals surface area contributed by atoms with Crippen LogP contribution >= 0.6 is 34.8 Å². The fraction of sp³-hybridized carbons (Fsp3) is 0.158. The Morgan fingerprint density at radius 1 is 0.649 bits per heavy atom. The van der Waals surface area contributed by atoms with E-state index >= 15 is 0 Å². The number of alkyl halides is 6. The van der Waals surface area contributed by atoms with E-state index in [2.05, 4.69) is 15.5 Å². The van der Waals surface area contributed by atoms with Gasteiger partial charge in [0.1, 0.15) is 11.6 Å². The standard InChI is InChI=1S/C19H14ClF4N3O.C11H5Cl2F3N2O.C8H10FN/c20-13-4-6-15(7-5-13)27-17(19(22,23)24)16(11-26-27)18(28)25-9-8-12-2-1-3-14(21)10-12;12-6-1-3-7(4-2-6)18-9(11(14,15)16)8(5-17-18)10(13)19;9-8-3-1-2-7(6-8)4-5-10/h1-7,10-11H,8-9H2,(H,25,28);1-5H;1-3,6H,4-5,10H2. The van der Waals surface area contributed by atoms with Gasteiger partial charge in [0.15, 0.2) is 11.4 Å². The summed E-state index contributed by atoms with van der Waals surface area (Å²) in [7, 11) is 0. The van der Waals surface area contributed by atoms with Crippen LogP contribution in [0.15, 0.2) is 109 Å². The Labute approximate surface area is 334 Å². The minimum Gasteiger partial charge on any atom is -0.352 e. The molecule has 0 aliphatic carbocycles. The molecule has 0 spiro atoms. The number of hydrogen-bond acceptors (Lipinski definition) is 5. The van der Waals surface area contributed by atoms with Crippen LogP contribution in [0, 0.1) is 11.6 Å². The van der Waals surface area contributed by atoms with E-state index in [1.807, 2.05) is 6.07 Å². The minimum absolute atomic E-state index is 0.0473. The smallest absolute Gasteiger partial charge is 0.352 e. The SMILES string of the molecule is NCCc1cccc(F)c1.O=C(Cl)c1cnn(-c2ccc(Cl)cc2)c1C(F)(F)F.O=C(NCCc1cccc(F)c1)c1cnn(-c2ccc(Cl)cc2)c1C(F)(F)F. The van der Waals surface area contributed by atoms with Crippen molar-refractivity contribution in [2.75, 3.05) is 13.1 Å². The molecule has 2 aromatic heterocycles. The molecule has 3 N–H and O–H groups in total. The first-order chi connectivity index (χ1) is 26.9.